The summed E-state index contributed by atoms with van der Waals surface area (Å²) in [6.07, 6.45) is 3.08. The average molecular weight is 463 g/mol. The molecule has 0 aliphatic rings. The van der Waals surface area contributed by atoms with Crippen LogP contribution in [0.2, 0.25) is 0 Å². The van der Waals surface area contributed by atoms with Gasteiger partial charge in [0.25, 0.3) is 0 Å². The van der Waals surface area contributed by atoms with Gasteiger partial charge in [0, 0.05) is 12.8 Å². The molecule has 1 N–H and O–H groups in total. The fourth-order valence-electron chi connectivity index (χ4n) is 3.69. The predicted octanol–water partition coefficient (Wildman–Crippen LogP) is 6.86. The molecule has 0 heterocycles. The van der Waals surface area contributed by atoms with Crippen molar-refractivity contribution >= 4 is 5.97 Å². The molecule has 3 aromatic rings. The third-order valence-electron chi connectivity index (χ3n) is 5.68. The standard InChI is InChI=1S/C29H34O5/c1-4-22-11-15-27(28(19-22)34-25-9-7-6-8-10-25)33-21(3)17-18-32-26-14-12-24(13-16-29(30)31)23(5-2)20-26/h6-12,14-15,19-21H,4-5,13,16-18H2,1-3H3,(H,30,31). The summed E-state index contributed by atoms with van der Waals surface area (Å²) in [5.41, 5.74) is 3.38. The van der Waals surface area contributed by atoms with E-state index < -0.39 is 5.97 Å². The van der Waals surface area contributed by atoms with Crippen LogP contribution in [-0.2, 0) is 24.1 Å². The maximum atomic E-state index is 10.9. The molecule has 5 nitrogen and oxygen atoms in total. The zero-order valence-electron chi connectivity index (χ0n) is 20.3. The van der Waals surface area contributed by atoms with Gasteiger partial charge in [-0.15, -0.1) is 0 Å². The first-order chi connectivity index (χ1) is 16.5. The molecule has 5 heteroatoms. The van der Waals surface area contributed by atoms with Crippen LogP contribution in [0.3, 0.4) is 0 Å². The highest BCUT2D eigenvalue weighted by Crippen LogP contribution is 2.34. The van der Waals surface area contributed by atoms with Crippen LogP contribution >= 0.6 is 0 Å². The third-order valence-corrected chi connectivity index (χ3v) is 5.68. The van der Waals surface area contributed by atoms with Crippen LogP contribution in [0.5, 0.6) is 23.0 Å². The highest BCUT2D eigenvalue weighted by Gasteiger charge is 2.13. The zero-order chi connectivity index (χ0) is 24.3. The molecule has 34 heavy (non-hydrogen) atoms. The third kappa shape index (κ3) is 7.55. The Morgan fingerprint density at radius 3 is 2.38 bits per heavy atom. The molecule has 0 aromatic heterocycles. The molecule has 0 radical (unpaired) electrons. The summed E-state index contributed by atoms with van der Waals surface area (Å²) < 4.78 is 18.3. The molecular weight excluding hydrogens is 428 g/mol. The van der Waals surface area contributed by atoms with Crippen LogP contribution in [0, 0.1) is 0 Å². The summed E-state index contributed by atoms with van der Waals surface area (Å²) in [4.78, 5) is 10.9. The molecule has 0 fully saturated rings. The number of rotatable bonds is 13. The highest BCUT2D eigenvalue weighted by atomic mass is 16.5. The molecule has 1 atom stereocenters. The lowest BCUT2D eigenvalue weighted by Crippen LogP contribution is -2.16. The molecule has 3 aromatic carbocycles. The molecule has 0 saturated heterocycles. The lowest BCUT2D eigenvalue weighted by molar-refractivity contribution is -0.136. The normalized spacial score (nSPS) is 11.6. The smallest absolute Gasteiger partial charge is 0.303 e. The average Bonchev–Trinajstić information content (AvgIpc) is 2.84. The second-order valence-electron chi connectivity index (χ2n) is 8.29. The van der Waals surface area contributed by atoms with Crippen LogP contribution in [0.25, 0.3) is 0 Å². The van der Waals surface area contributed by atoms with Crippen LogP contribution in [0.1, 0.15) is 50.3 Å². The van der Waals surface area contributed by atoms with E-state index in [0.717, 1.165) is 35.5 Å². The Kier molecular flexibility index (Phi) is 9.39. The van der Waals surface area contributed by atoms with E-state index in [9.17, 15) is 4.79 Å². The number of aliphatic carboxylic acids is 1. The summed E-state index contributed by atoms with van der Waals surface area (Å²) >= 11 is 0. The van der Waals surface area contributed by atoms with Crippen LogP contribution < -0.4 is 14.2 Å². The Morgan fingerprint density at radius 1 is 0.882 bits per heavy atom. The van der Waals surface area contributed by atoms with Gasteiger partial charge in [-0.2, -0.15) is 0 Å². The molecular formula is C29H34O5. The number of carboxylic acid groups (broad SMARTS) is 1. The number of carboxylic acids is 1. The van der Waals surface area contributed by atoms with Crippen molar-refractivity contribution in [1.82, 2.24) is 0 Å². The second kappa shape index (κ2) is 12.7. The van der Waals surface area contributed by atoms with Crippen molar-refractivity contribution in [3.63, 3.8) is 0 Å². The molecule has 0 amide bonds. The van der Waals surface area contributed by atoms with Gasteiger partial charge in [-0.25, -0.2) is 0 Å². The summed E-state index contributed by atoms with van der Waals surface area (Å²) in [5, 5.41) is 8.94. The van der Waals surface area contributed by atoms with Crippen LogP contribution in [0.15, 0.2) is 66.7 Å². The fraction of sp³-hybridized carbons (Fsp3) is 0.345. The van der Waals surface area contributed by atoms with Gasteiger partial charge in [0.1, 0.15) is 11.5 Å². The minimum atomic E-state index is -0.780. The molecule has 0 saturated carbocycles. The molecule has 0 aliphatic carbocycles. The summed E-state index contributed by atoms with van der Waals surface area (Å²) in [5.74, 6) is 2.21. The van der Waals surface area contributed by atoms with Gasteiger partial charge in [0.15, 0.2) is 11.5 Å². The van der Waals surface area contributed by atoms with E-state index in [-0.39, 0.29) is 12.5 Å². The van der Waals surface area contributed by atoms with E-state index in [2.05, 4.69) is 19.9 Å². The van der Waals surface area contributed by atoms with Gasteiger partial charge in [-0.1, -0.05) is 44.2 Å². The summed E-state index contributed by atoms with van der Waals surface area (Å²) in [6, 6.07) is 21.7. The van der Waals surface area contributed by atoms with Gasteiger partial charge in [-0.3, -0.25) is 4.79 Å². The van der Waals surface area contributed by atoms with E-state index in [4.69, 9.17) is 19.3 Å². The highest BCUT2D eigenvalue weighted by molar-refractivity contribution is 5.67. The van der Waals surface area contributed by atoms with Crippen molar-refractivity contribution in [1.29, 1.82) is 0 Å². The Bertz CT molecular complexity index is 1060. The Balaban J connectivity index is 1.58. The maximum Gasteiger partial charge on any atom is 0.303 e. The summed E-state index contributed by atoms with van der Waals surface area (Å²) in [6.45, 7) is 6.72. The van der Waals surface area contributed by atoms with Crippen molar-refractivity contribution in [3.8, 4) is 23.0 Å². The predicted molar refractivity (Wildman–Crippen MR) is 134 cm³/mol. The van der Waals surface area contributed by atoms with Gasteiger partial charge < -0.3 is 19.3 Å². The maximum absolute atomic E-state index is 10.9. The molecule has 0 bridgehead atoms. The van der Waals surface area contributed by atoms with E-state index in [1.807, 2.05) is 67.6 Å². The number of aryl methyl sites for hydroxylation is 3. The lowest BCUT2D eigenvalue weighted by Gasteiger charge is -2.19. The van der Waals surface area contributed by atoms with Crippen molar-refractivity contribution in [2.75, 3.05) is 6.61 Å². The number of hydrogen-bond acceptors (Lipinski definition) is 4. The Labute approximate surface area is 202 Å². The first-order valence-corrected chi connectivity index (χ1v) is 12.0. The minimum Gasteiger partial charge on any atom is -0.493 e. The van der Waals surface area contributed by atoms with Crippen LogP contribution in [0.4, 0.5) is 0 Å². The first-order valence-electron chi connectivity index (χ1n) is 12.0. The Hall–Kier alpha value is -3.47. The van der Waals surface area contributed by atoms with Crippen molar-refractivity contribution in [2.24, 2.45) is 0 Å². The lowest BCUT2D eigenvalue weighted by atomic mass is 10.0. The van der Waals surface area contributed by atoms with E-state index in [1.54, 1.807) is 0 Å². The van der Waals surface area contributed by atoms with Crippen molar-refractivity contribution in [3.05, 3.63) is 83.4 Å². The Morgan fingerprint density at radius 2 is 1.68 bits per heavy atom. The van der Waals surface area contributed by atoms with Crippen molar-refractivity contribution in [2.45, 2.75) is 59.0 Å². The van der Waals surface area contributed by atoms with Gasteiger partial charge in [-0.05, 0) is 79.3 Å². The number of benzene rings is 3. The molecule has 180 valence electrons. The topological polar surface area (TPSA) is 65.0 Å². The monoisotopic (exact) mass is 462 g/mol. The number of hydrogen-bond donors (Lipinski definition) is 1. The SMILES string of the molecule is CCc1ccc(OC(C)CCOc2ccc(CCC(=O)O)c(CC)c2)c(Oc2ccccc2)c1. The molecule has 3 rings (SSSR count). The second-order valence-corrected chi connectivity index (χ2v) is 8.29. The first kappa shape index (κ1) is 25.2. The van der Waals surface area contributed by atoms with Gasteiger partial charge in [0.2, 0.25) is 0 Å². The number of para-hydroxylation sites is 1. The van der Waals surface area contributed by atoms with Crippen molar-refractivity contribution < 1.29 is 24.1 Å². The van der Waals surface area contributed by atoms with E-state index in [1.165, 1.54) is 5.56 Å². The zero-order valence-corrected chi connectivity index (χ0v) is 20.3. The minimum absolute atomic E-state index is 0.0638. The molecule has 0 spiro atoms. The van der Waals surface area contributed by atoms with Gasteiger partial charge in [0.05, 0.1) is 12.7 Å². The van der Waals surface area contributed by atoms with E-state index in [0.29, 0.717) is 30.9 Å². The molecule has 0 aliphatic heterocycles. The van der Waals surface area contributed by atoms with Crippen LogP contribution in [-0.4, -0.2) is 23.8 Å². The summed E-state index contributed by atoms with van der Waals surface area (Å²) in [7, 11) is 0. The quantitative estimate of drug-likeness (QED) is 0.301. The fourth-order valence-corrected chi connectivity index (χ4v) is 3.69. The van der Waals surface area contributed by atoms with Gasteiger partial charge >= 0.3 is 5.97 Å². The largest absolute Gasteiger partial charge is 0.493 e. The molecule has 1 unspecified atom stereocenters. The van der Waals surface area contributed by atoms with E-state index >= 15 is 0 Å². The number of ether oxygens (including phenoxy) is 3. The number of carbonyl (C=O) groups is 1.